The van der Waals surface area contributed by atoms with Gasteiger partial charge in [0.2, 0.25) is 0 Å². The third-order valence-electron chi connectivity index (χ3n) is 2.35. The van der Waals surface area contributed by atoms with E-state index in [0.717, 1.165) is 23.7 Å². The molecular formula is C12H14BrN. The molecule has 0 bridgehead atoms. The predicted molar refractivity (Wildman–Crippen MR) is 61.9 cm³/mol. The van der Waals surface area contributed by atoms with E-state index in [1.807, 2.05) is 12.1 Å². The fourth-order valence-corrected chi connectivity index (χ4v) is 1.84. The van der Waals surface area contributed by atoms with Gasteiger partial charge in [-0.2, -0.15) is 5.26 Å². The molecule has 0 aliphatic heterocycles. The molecule has 0 fully saturated rings. The van der Waals surface area contributed by atoms with Gasteiger partial charge in [-0.3, -0.25) is 0 Å². The molecule has 1 nitrogen and oxygen atoms in total. The number of hydrogen-bond acceptors (Lipinski definition) is 1. The van der Waals surface area contributed by atoms with Crippen LogP contribution in [0.4, 0.5) is 0 Å². The van der Waals surface area contributed by atoms with Gasteiger partial charge in [-0.15, -0.1) is 0 Å². The van der Waals surface area contributed by atoms with Crippen LogP contribution in [0.1, 0.15) is 25.3 Å². The van der Waals surface area contributed by atoms with Gasteiger partial charge in [-0.1, -0.05) is 35.0 Å². The normalized spacial score (nSPS) is 12.1. The van der Waals surface area contributed by atoms with Gasteiger partial charge in [0.25, 0.3) is 0 Å². The molecule has 14 heavy (non-hydrogen) atoms. The van der Waals surface area contributed by atoms with Crippen molar-refractivity contribution < 1.29 is 0 Å². The minimum atomic E-state index is 0.203. The first-order valence-corrected chi connectivity index (χ1v) is 5.69. The van der Waals surface area contributed by atoms with Gasteiger partial charge in [0, 0.05) is 10.4 Å². The van der Waals surface area contributed by atoms with E-state index in [-0.39, 0.29) is 5.92 Å². The van der Waals surface area contributed by atoms with Gasteiger partial charge < -0.3 is 0 Å². The number of benzene rings is 1. The van der Waals surface area contributed by atoms with Gasteiger partial charge in [0.05, 0.1) is 6.07 Å². The van der Waals surface area contributed by atoms with Gasteiger partial charge in [-0.25, -0.2) is 0 Å². The lowest BCUT2D eigenvalue weighted by molar-refractivity contribution is 0.584. The molecule has 1 unspecified atom stereocenters. The quantitative estimate of drug-likeness (QED) is 0.796. The van der Waals surface area contributed by atoms with E-state index in [2.05, 4.69) is 41.1 Å². The molecule has 0 heterocycles. The van der Waals surface area contributed by atoms with Crippen LogP contribution in [0, 0.1) is 17.2 Å². The molecule has 0 aromatic heterocycles. The second kappa shape index (κ2) is 5.82. The maximum Gasteiger partial charge on any atom is 0.0655 e. The summed E-state index contributed by atoms with van der Waals surface area (Å²) in [6.07, 6.45) is 2.90. The molecule has 1 aromatic rings. The average Bonchev–Trinajstić information content (AvgIpc) is 2.19. The van der Waals surface area contributed by atoms with Crippen LogP contribution >= 0.6 is 15.9 Å². The molecule has 0 spiro atoms. The minimum absolute atomic E-state index is 0.203. The summed E-state index contributed by atoms with van der Waals surface area (Å²) in [5.41, 5.74) is 1.30. The zero-order valence-electron chi connectivity index (χ0n) is 8.33. The Balaban J connectivity index is 2.50. The van der Waals surface area contributed by atoms with Gasteiger partial charge in [-0.05, 0) is 37.0 Å². The zero-order chi connectivity index (χ0) is 10.4. The predicted octanol–water partition coefficient (Wildman–Crippen LogP) is 3.93. The smallest absolute Gasteiger partial charge is 0.0655 e. The molecule has 0 aliphatic carbocycles. The Bertz CT molecular complexity index is 327. The molecule has 1 rings (SSSR count). The Kier molecular flexibility index (Phi) is 4.69. The van der Waals surface area contributed by atoms with Crippen LogP contribution in [0.25, 0.3) is 0 Å². The second-order valence-electron chi connectivity index (χ2n) is 3.40. The van der Waals surface area contributed by atoms with Crippen LogP contribution in [0.15, 0.2) is 28.7 Å². The topological polar surface area (TPSA) is 23.8 Å². The Morgan fingerprint density at radius 1 is 1.50 bits per heavy atom. The summed E-state index contributed by atoms with van der Waals surface area (Å²) in [7, 11) is 0. The van der Waals surface area contributed by atoms with Crippen LogP contribution in [-0.4, -0.2) is 0 Å². The van der Waals surface area contributed by atoms with E-state index in [0.29, 0.717) is 0 Å². The highest BCUT2D eigenvalue weighted by Gasteiger charge is 2.04. The Morgan fingerprint density at radius 3 is 2.86 bits per heavy atom. The van der Waals surface area contributed by atoms with Crippen molar-refractivity contribution in [2.24, 2.45) is 5.92 Å². The molecule has 0 radical (unpaired) electrons. The lowest BCUT2D eigenvalue weighted by Crippen LogP contribution is -1.97. The number of halogens is 1. The van der Waals surface area contributed by atoms with Crippen LogP contribution in [0.5, 0.6) is 0 Å². The van der Waals surface area contributed by atoms with Crippen molar-refractivity contribution >= 4 is 15.9 Å². The Morgan fingerprint density at radius 2 is 2.29 bits per heavy atom. The van der Waals surface area contributed by atoms with E-state index >= 15 is 0 Å². The Hall–Kier alpha value is -0.810. The molecular weight excluding hydrogens is 238 g/mol. The third kappa shape index (κ3) is 3.51. The van der Waals surface area contributed by atoms with Gasteiger partial charge in [0.15, 0.2) is 0 Å². The van der Waals surface area contributed by atoms with Crippen molar-refractivity contribution in [3.63, 3.8) is 0 Å². The lowest BCUT2D eigenvalue weighted by atomic mass is 9.99. The van der Waals surface area contributed by atoms with Crippen LogP contribution in [-0.2, 0) is 6.42 Å². The van der Waals surface area contributed by atoms with E-state index in [9.17, 15) is 0 Å². The lowest BCUT2D eigenvalue weighted by Gasteiger charge is -2.05. The summed E-state index contributed by atoms with van der Waals surface area (Å²) in [6, 6.07) is 10.6. The largest absolute Gasteiger partial charge is 0.198 e. The summed E-state index contributed by atoms with van der Waals surface area (Å²) in [6.45, 7) is 2.06. The number of nitriles is 1. The highest BCUT2D eigenvalue weighted by molar-refractivity contribution is 9.10. The highest BCUT2D eigenvalue weighted by Crippen LogP contribution is 2.16. The standard InChI is InChI=1S/C12H14BrN/c1-2-10(9-14)6-7-11-4-3-5-12(13)8-11/h3-5,8,10H,2,6-7H2,1H3. The SMILES string of the molecule is CCC(C#N)CCc1cccc(Br)c1. The first kappa shape index (κ1) is 11.3. The maximum atomic E-state index is 8.80. The van der Waals surface area contributed by atoms with Crippen molar-refractivity contribution in [1.29, 1.82) is 5.26 Å². The van der Waals surface area contributed by atoms with Crippen molar-refractivity contribution in [2.45, 2.75) is 26.2 Å². The monoisotopic (exact) mass is 251 g/mol. The van der Waals surface area contributed by atoms with E-state index in [1.165, 1.54) is 5.56 Å². The average molecular weight is 252 g/mol. The van der Waals surface area contributed by atoms with Crippen molar-refractivity contribution in [3.8, 4) is 6.07 Å². The highest BCUT2D eigenvalue weighted by atomic mass is 79.9. The van der Waals surface area contributed by atoms with Crippen LogP contribution in [0.3, 0.4) is 0 Å². The fourth-order valence-electron chi connectivity index (χ4n) is 1.39. The van der Waals surface area contributed by atoms with Gasteiger partial charge >= 0.3 is 0 Å². The summed E-state index contributed by atoms with van der Waals surface area (Å²) >= 11 is 3.44. The molecule has 74 valence electrons. The molecule has 0 N–H and O–H groups in total. The Labute approximate surface area is 93.9 Å². The van der Waals surface area contributed by atoms with Crippen LogP contribution < -0.4 is 0 Å². The summed E-state index contributed by atoms with van der Waals surface area (Å²) in [5.74, 6) is 0.203. The van der Waals surface area contributed by atoms with E-state index < -0.39 is 0 Å². The summed E-state index contributed by atoms with van der Waals surface area (Å²) in [4.78, 5) is 0. The third-order valence-corrected chi connectivity index (χ3v) is 2.84. The second-order valence-corrected chi connectivity index (χ2v) is 4.32. The molecule has 1 aromatic carbocycles. The molecule has 0 amide bonds. The van der Waals surface area contributed by atoms with Gasteiger partial charge in [0.1, 0.15) is 0 Å². The number of hydrogen-bond donors (Lipinski definition) is 0. The molecule has 0 saturated carbocycles. The summed E-state index contributed by atoms with van der Waals surface area (Å²) < 4.78 is 1.11. The van der Waals surface area contributed by atoms with E-state index in [4.69, 9.17) is 5.26 Å². The summed E-state index contributed by atoms with van der Waals surface area (Å²) in [5, 5.41) is 8.80. The number of nitrogens with zero attached hydrogens (tertiary/aromatic N) is 1. The van der Waals surface area contributed by atoms with Crippen molar-refractivity contribution in [1.82, 2.24) is 0 Å². The number of aryl methyl sites for hydroxylation is 1. The van der Waals surface area contributed by atoms with Crippen LogP contribution in [0.2, 0.25) is 0 Å². The zero-order valence-corrected chi connectivity index (χ0v) is 9.92. The molecule has 0 saturated heterocycles. The first-order valence-electron chi connectivity index (χ1n) is 4.90. The fraction of sp³-hybridized carbons (Fsp3) is 0.417. The maximum absolute atomic E-state index is 8.80. The molecule has 0 aliphatic rings. The van der Waals surface area contributed by atoms with Crippen molar-refractivity contribution in [3.05, 3.63) is 34.3 Å². The molecule has 1 atom stereocenters. The number of rotatable bonds is 4. The first-order chi connectivity index (χ1) is 6.76. The van der Waals surface area contributed by atoms with E-state index in [1.54, 1.807) is 0 Å². The minimum Gasteiger partial charge on any atom is -0.198 e. The molecule has 2 heteroatoms. The van der Waals surface area contributed by atoms with Crippen molar-refractivity contribution in [2.75, 3.05) is 0 Å².